The Balaban J connectivity index is 1.67. The van der Waals surface area contributed by atoms with Crippen LogP contribution in [0.1, 0.15) is 41.1 Å². The third kappa shape index (κ3) is 3.32. The molecule has 6 heteroatoms. The summed E-state index contributed by atoms with van der Waals surface area (Å²) in [6.07, 6.45) is 0. The second-order valence-corrected chi connectivity index (χ2v) is 8.94. The maximum Gasteiger partial charge on any atom is 0.339 e. The van der Waals surface area contributed by atoms with Gasteiger partial charge >= 0.3 is 6.03 Å². The van der Waals surface area contributed by atoms with Gasteiger partial charge < -0.3 is 5.73 Å². The van der Waals surface area contributed by atoms with Gasteiger partial charge in [-0.2, -0.15) is 5.06 Å². The van der Waals surface area contributed by atoms with Crippen LogP contribution in [0.5, 0.6) is 0 Å². The largest absolute Gasteiger partial charge is 0.350 e. The summed E-state index contributed by atoms with van der Waals surface area (Å²) in [7, 11) is 0. The van der Waals surface area contributed by atoms with Gasteiger partial charge in [0.05, 0.1) is 6.04 Å². The van der Waals surface area contributed by atoms with Gasteiger partial charge in [-0.25, -0.2) is 4.79 Å². The van der Waals surface area contributed by atoms with Crippen molar-refractivity contribution in [2.24, 2.45) is 5.73 Å². The number of carbonyl (C=O) groups excluding carboxylic acids is 1. The molecule has 2 aromatic carbocycles. The van der Waals surface area contributed by atoms with Crippen molar-refractivity contribution in [2.45, 2.75) is 25.8 Å². The van der Waals surface area contributed by atoms with Crippen molar-refractivity contribution < 1.29 is 10.0 Å². The number of thiophene rings is 2. The van der Waals surface area contributed by atoms with Crippen LogP contribution >= 0.6 is 22.7 Å². The van der Waals surface area contributed by atoms with Gasteiger partial charge in [-0.15, -0.1) is 22.7 Å². The fourth-order valence-electron chi connectivity index (χ4n) is 3.25. The summed E-state index contributed by atoms with van der Waals surface area (Å²) in [4.78, 5) is 13.5. The van der Waals surface area contributed by atoms with Crippen molar-refractivity contribution >= 4 is 48.9 Å². The van der Waals surface area contributed by atoms with Crippen LogP contribution in [0.4, 0.5) is 4.79 Å². The molecule has 4 nitrogen and oxygen atoms in total. The van der Waals surface area contributed by atoms with Crippen molar-refractivity contribution in [3.63, 3.8) is 0 Å². The maximum absolute atomic E-state index is 11.2. The second kappa shape index (κ2) is 6.96. The van der Waals surface area contributed by atoms with E-state index in [1.807, 2.05) is 17.4 Å². The molecule has 27 heavy (non-hydrogen) atoms. The van der Waals surface area contributed by atoms with Gasteiger partial charge in [0.25, 0.3) is 0 Å². The molecule has 3 N–H and O–H groups in total. The summed E-state index contributed by atoms with van der Waals surface area (Å²) >= 11 is 3.40. The molecule has 0 saturated carbocycles. The molecule has 0 aliphatic rings. The molecule has 0 bridgehead atoms. The maximum atomic E-state index is 11.2. The molecule has 0 saturated heterocycles. The lowest BCUT2D eigenvalue weighted by Crippen LogP contribution is -2.34. The van der Waals surface area contributed by atoms with Crippen LogP contribution in [0.15, 0.2) is 54.6 Å². The molecule has 2 amide bonds. The van der Waals surface area contributed by atoms with Crippen LogP contribution in [0.2, 0.25) is 0 Å². The number of nitrogens with two attached hydrogens (primary N) is 1. The predicted molar refractivity (Wildman–Crippen MR) is 113 cm³/mol. The van der Waals surface area contributed by atoms with E-state index in [-0.39, 0.29) is 0 Å². The highest BCUT2D eigenvalue weighted by Gasteiger charge is 2.20. The average molecular weight is 397 g/mol. The number of primary amides is 1. The van der Waals surface area contributed by atoms with Gasteiger partial charge in [-0.1, -0.05) is 31.2 Å². The molecule has 0 spiro atoms. The normalized spacial score (nSPS) is 13.7. The number of hydrogen-bond donors (Lipinski definition) is 2. The highest BCUT2D eigenvalue weighted by atomic mass is 32.1. The molecule has 0 aliphatic carbocycles. The molecule has 0 aliphatic heterocycles. The zero-order valence-electron chi connectivity index (χ0n) is 15.0. The molecule has 2 unspecified atom stereocenters. The average Bonchev–Trinajstić information content (AvgIpc) is 3.29. The number of rotatable bonds is 4. The first kappa shape index (κ1) is 18.0. The van der Waals surface area contributed by atoms with E-state index in [0.29, 0.717) is 11.0 Å². The first-order valence-corrected chi connectivity index (χ1v) is 10.4. The molecule has 2 heterocycles. The molecule has 4 rings (SSSR count). The van der Waals surface area contributed by atoms with Crippen LogP contribution in [0.25, 0.3) is 20.2 Å². The molecule has 0 radical (unpaired) electrons. The van der Waals surface area contributed by atoms with Gasteiger partial charge in [0.15, 0.2) is 0 Å². The SMILES string of the molecule is CC(c1ccc2sc(C(C)N(O)C(N)=O)cc2c1)c1cc2ccccc2s1. The number of fused-ring (bicyclic) bond motifs is 2. The van der Waals surface area contributed by atoms with Gasteiger partial charge in [0.1, 0.15) is 0 Å². The summed E-state index contributed by atoms with van der Waals surface area (Å²) in [5, 5.41) is 12.8. The van der Waals surface area contributed by atoms with E-state index in [2.05, 4.69) is 55.5 Å². The van der Waals surface area contributed by atoms with Crippen LogP contribution in [-0.4, -0.2) is 16.3 Å². The van der Waals surface area contributed by atoms with Crippen LogP contribution in [0, 0.1) is 0 Å². The Labute approximate surface area is 165 Å². The standard InChI is InChI=1S/C21H20N2O2S2/c1-12(19-10-15-5-3-4-6-17(15)26-19)14-7-8-18-16(9-14)11-20(27-18)13(2)23(25)21(22)24/h3-13,25H,1-2H3,(H2,22,24). The Bertz CT molecular complexity index is 1100. The first-order valence-electron chi connectivity index (χ1n) is 8.73. The highest BCUT2D eigenvalue weighted by molar-refractivity contribution is 7.19. The summed E-state index contributed by atoms with van der Waals surface area (Å²) in [6.45, 7) is 3.99. The van der Waals surface area contributed by atoms with E-state index in [1.165, 1.54) is 20.5 Å². The Morgan fingerprint density at radius 3 is 2.37 bits per heavy atom. The topological polar surface area (TPSA) is 66.6 Å². The van der Waals surface area contributed by atoms with Gasteiger partial charge in [-0.3, -0.25) is 5.21 Å². The number of urea groups is 1. The third-order valence-electron chi connectivity index (χ3n) is 4.94. The lowest BCUT2D eigenvalue weighted by molar-refractivity contribution is -0.0700. The number of benzene rings is 2. The molecule has 2 atom stereocenters. The van der Waals surface area contributed by atoms with Crippen molar-refractivity contribution in [1.82, 2.24) is 5.06 Å². The summed E-state index contributed by atoms with van der Waals surface area (Å²) in [6, 6.07) is 17.9. The van der Waals surface area contributed by atoms with Gasteiger partial charge in [-0.05, 0) is 53.6 Å². The van der Waals surface area contributed by atoms with Crippen LogP contribution in [-0.2, 0) is 0 Å². The zero-order chi connectivity index (χ0) is 19.1. The molecular formula is C21H20N2O2S2. The molecule has 4 aromatic rings. The van der Waals surface area contributed by atoms with E-state index in [9.17, 15) is 10.0 Å². The summed E-state index contributed by atoms with van der Waals surface area (Å²) < 4.78 is 2.43. The van der Waals surface area contributed by atoms with Gasteiger partial charge in [0.2, 0.25) is 0 Å². The molecule has 2 aromatic heterocycles. The van der Waals surface area contributed by atoms with E-state index in [4.69, 9.17) is 5.73 Å². The molecular weight excluding hydrogens is 376 g/mol. The quantitative estimate of drug-likeness (QED) is 0.323. The third-order valence-corrected chi connectivity index (χ3v) is 7.52. The number of nitrogens with zero attached hydrogens (tertiary/aromatic N) is 1. The van der Waals surface area contributed by atoms with Crippen molar-refractivity contribution in [1.29, 1.82) is 0 Å². The molecule has 0 fully saturated rings. The lowest BCUT2D eigenvalue weighted by atomic mass is 9.98. The minimum absolute atomic E-state index is 0.299. The number of carbonyl (C=O) groups is 1. The molecule has 138 valence electrons. The van der Waals surface area contributed by atoms with E-state index in [0.717, 1.165) is 15.0 Å². The first-order chi connectivity index (χ1) is 12.9. The van der Waals surface area contributed by atoms with E-state index in [1.54, 1.807) is 18.3 Å². The van der Waals surface area contributed by atoms with Crippen LogP contribution < -0.4 is 5.73 Å². The smallest absolute Gasteiger partial charge is 0.339 e. The number of amides is 2. The number of hydrogen-bond acceptors (Lipinski definition) is 4. The fourth-order valence-corrected chi connectivity index (χ4v) is 5.48. The fraction of sp³-hybridized carbons (Fsp3) is 0.190. The Kier molecular flexibility index (Phi) is 4.63. The Hall–Kier alpha value is -2.41. The Morgan fingerprint density at radius 2 is 1.63 bits per heavy atom. The van der Waals surface area contributed by atoms with Crippen molar-refractivity contribution in [2.75, 3.05) is 0 Å². The van der Waals surface area contributed by atoms with Gasteiger partial charge in [0, 0.05) is 25.1 Å². The summed E-state index contributed by atoms with van der Waals surface area (Å²) in [5.74, 6) is 0.299. The number of hydroxylamine groups is 2. The summed E-state index contributed by atoms with van der Waals surface area (Å²) in [5.41, 5.74) is 6.42. The minimum atomic E-state index is -0.848. The monoisotopic (exact) mass is 396 g/mol. The lowest BCUT2D eigenvalue weighted by Gasteiger charge is -2.18. The zero-order valence-corrected chi connectivity index (χ0v) is 16.7. The highest BCUT2D eigenvalue weighted by Crippen LogP contribution is 2.37. The van der Waals surface area contributed by atoms with E-state index >= 15 is 0 Å². The van der Waals surface area contributed by atoms with Crippen molar-refractivity contribution in [3.8, 4) is 0 Å². The van der Waals surface area contributed by atoms with Crippen molar-refractivity contribution in [3.05, 3.63) is 69.9 Å². The Morgan fingerprint density at radius 1 is 0.963 bits per heavy atom. The van der Waals surface area contributed by atoms with Crippen LogP contribution in [0.3, 0.4) is 0 Å². The minimum Gasteiger partial charge on any atom is -0.350 e. The second-order valence-electron chi connectivity index (χ2n) is 6.71. The predicted octanol–water partition coefficient (Wildman–Crippen LogP) is 6.10. The van der Waals surface area contributed by atoms with E-state index < -0.39 is 12.1 Å².